The van der Waals surface area contributed by atoms with Crippen LogP contribution in [0.2, 0.25) is 0 Å². The number of para-hydroxylation sites is 2. The molecule has 0 fully saturated rings. The van der Waals surface area contributed by atoms with Crippen molar-refractivity contribution in [1.82, 2.24) is 5.48 Å². The number of carbonyl (C=O) groups excluding carboxylic acids is 1. The van der Waals surface area contributed by atoms with E-state index in [4.69, 9.17) is 23.1 Å². The van der Waals surface area contributed by atoms with Crippen molar-refractivity contribution in [3.05, 3.63) is 72.1 Å². The van der Waals surface area contributed by atoms with E-state index in [-0.39, 0.29) is 36.0 Å². The van der Waals surface area contributed by atoms with E-state index in [2.05, 4.69) is 5.48 Å². The number of hydrogen-bond acceptors (Lipinski definition) is 8. The predicted octanol–water partition coefficient (Wildman–Crippen LogP) is 4.75. The van der Waals surface area contributed by atoms with Gasteiger partial charge in [-0.1, -0.05) is 36.4 Å². The van der Waals surface area contributed by atoms with Crippen molar-refractivity contribution < 1.29 is 32.5 Å². The summed E-state index contributed by atoms with van der Waals surface area (Å²) < 4.78 is 35.7. The molecule has 0 bridgehead atoms. The molecular formula is C21H24NO7P. The van der Waals surface area contributed by atoms with Gasteiger partial charge in [0.2, 0.25) is 5.88 Å². The largest absolute Gasteiger partial charge is 0.648 e. The van der Waals surface area contributed by atoms with Crippen molar-refractivity contribution in [3.8, 4) is 11.5 Å². The molecule has 160 valence electrons. The molecule has 1 heterocycles. The number of rotatable bonds is 7. The quantitative estimate of drug-likeness (QED) is 0.494. The first-order valence-corrected chi connectivity index (χ1v) is 10.8. The molecule has 3 rings (SSSR count). The number of nitrogens with one attached hydrogen (secondary N) is 1. The first-order chi connectivity index (χ1) is 14.2. The third-order valence-electron chi connectivity index (χ3n) is 3.66. The Morgan fingerprint density at radius 3 is 1.97 bits per heavy atom. The van der Waals surface area contributed by atoms with Crippen LogP contribution in [0.5, 0.6) is 11.5 Å². The van der Waals surface area contributed by atoms with Crippen LogP contribution in [0, 0.1) is 0 Å². The lowest BCUT2D eigenvalue weighted by Crippen LogP contribution is -2.32. The monoisotopic (exact) mass is 433 g/mol. The van der Waals surface area contributed by atoms with Gasteiger partial charge in [-0.2, -0.15) is 4.57 Å². The Morgan fingerprint density at radius 1 is 0.933 bits per heavy atom. The lowest BCUT2D eigenvalue weighted by atomic mass is 10.1. The zero-order chi connectivity index (χ0) is 21.6. The minimum atomic E-state index is -4.27. The standard InChI is InChI=1S/C21H24NO7P/c1-21(2,3)26-20(23)18-14-15-25-22-19(18)29-30(24,27-16-10-6-4-7-11-16)28-17-12-8-5-9-13-17/h4-13,22H,14-15H2,1-3H3. The maximum absolute atomic E-state index is 13.5. The van der Waals surface area contributed by atoms with Crippen LogP contribution in [-0.4, -0.2) is 18.2 Å². The van der Waals surface area contributed by atoms with Crippen LogP contribution in [0.3, 0.4) is 0 Å². The second kappa shape index (κ2) is 9.24. The number of phosphoric ester groups is 1. The number of benzene rings is 2. The second-order valence-electron chi connectivity index (χ2n) is 7.36. The SMILES string of the molecule is CC(C)(C)OC(=O)C1=C(OP(=O)(Oc2ccccc2)Oc2ccccc2)NOCC1. The van der Waals surface area contributed by atoms with Crippen molar-refractivity contribution in [3.63, 3.8) is 0 Å². The fourth-order valence-corrected chi connectivity index (χ4v) is 3.68. The summed E-state index contributed by atoms with van der Waals surface area (Å²) in [6, 6.07) is 16.9. The molecule has 1 aliphatic rings. The Bertz CT molecular complexity index is 893. The molecule has 0 saturated heterocycles. The summed E-state index contributed by atoms with van der Waals surface area (Å²) in [4.78, 5) is 17.8. The van der Waals surface area contributed by atoms with Crippen molar-refractivity contribution in [2.24, 2.45) is 0 Å². The second-order valence-corrected chi connectivity index (χ2v) is 8.80. The van der Waals surface area contributed by atoms with E-state index in [1.165, 1.54) is 0 Å². The van der Waals surface area contributed by atoms with E-state index in [0.29, 0.717) is 0 Å². The number of phosphoric acid groups is 1. The van der Waals surface area contributed by atoms with E-state index in [9.17, 15) is 9.36 Å². The Morgan fingerprint density at radius 2 is 1.47 bits per heavy atom. The summed E-state index contributed by atoms with van der Waals surface area (Å²) in [6.07, 6.45) is 0.202. The molecule has 1 aliphatic heterocycles. The molecule has 0 radical (unpaired) electrons. The fourth-order valence-electron chi connectivity index (χ4n) is 2.44. The van der Waals surface area contributed by atoms with Gasteiger partial charge < -0.3 is 18.3 Å². The molecule has 0 aliphatic carbocycles. The maximum atomic E-state index is 13.5. The van der Waals surface area contributed by atoms with Crippen molar-refractivity contribution in [2.75, 3.05) is 6.61 Å². The summed E-state index contributed by atoms with van der Waals surface area (Å²) in [6.45, 7) is 5.47. The van der Waals surface area contributed by atoms with Gasteiger partial charge in [-0.05, 0) is 45.0 Å². The molecular weight excluding hydrogens is 409 g/mol. The van der Waals surface area contributed by atoms with Gasteiger partial charge in [0.25, 0.3) is 0 Å². The fraction of sp³-hybridized carbons (Fsp3) is 0.286. The summed E-state index contributed by atoms with van der Waals surface area (Å²) in [7, 11) is -4.27. The zero-order valence-corrected chi connectivity index (χ0v) is 17.9. The summed E-state index contributed by atoms with van der Waals surface area (Å²) in [5.74, 6) is -0.245. The molecule has 0 atom stereocenters. The first-order valence-electron chi connectivity index (χ1n) is 9.37. The third kappa shape index (κ3) is 6.27. The maximum Gasteiger partial charge on any atom is 0.648 e. The molecule has 0 unspecified atom stereocenters. The van der Waals surface area contributed by atoms with Gasteiger partial charge >= 0.3 is 13.8 Å². The van der Waals surface area contributed by atoms with Crippen LogP contribution in [-0.2, 0) is 23.5 Å². The normalized spacial score (nSPS) is 14.5. The number of carbonyl (C=O) groups is 1. The Kier molecular flexibility index (Phi) is 6.70. The predicted molar refractivity (Wildman–Crippen MR) is 109 cm³/mol. The Labute approximate surface area is 175 Å². The lowest BCUT2D eigenvalue weighted by Gasteiger charge is -2.26. The smallest absolute Gasteiger partial charge is 0.456 e. The number of hydroxylamine groups is 1. The summed E-state index contributed by atoms with van der Waals surface area (Å²) in [5.41, 5.74) is 1.92. The molecule has 30 heavy (non-hydrogen) atoms. The summed E-state index contributed by atoms with van der Waals surface area (Å²) >= 11 is 0. The molecule has 0 saturated carbocycles. The minimum Gasteiger partial charge on any atom is -0.456 e. The molecule has 8 nitrogen and oxygen atoms in total. The number of esters is 1. The molecule has 0 spiro atoms. The Balaban J connectivity index is 1.91. The van der Waals surface area contributed by atoms with Gasteiger partial charge in [0.05, 0.1) is 6.61 Å². The van der Waals surface area contributed by atoms with E-state index in [0.717, 1.165) is 0 Å². The van der Waals surface area contributed by atoms with Crippen LogP contribution in [0.1, 0.15) is 27.2 Å². The van der Waals surface area contributed by atoms with Gasteiger partial charge in [-0.25, -0.2) is 10.3 Å². The van der Waals surface area contributed by atoms with Crippen molar-refractivity contribution >= 4 is 13.8 Å². The van der Waals surface area contributed by atoms with Gasteiger partial charge in [0, 0.05) is 6.42 Å². The molecule has 2 aromatic carbocycles. The average molecular weight is 433 g/mol. The molecule has 0 aromatic heterocycles. The van der Waals surface area contributed by atoms with Crippen molar-refractivity contribution in [1.29, 1.82) is 0 Å². The number of ether oxygens (including phenoxy) is 1. The lowest BCUT2D eigenvalue weighted by molar-refractivity contribution is -0.151. The van der Waals surface area contributed by atoms with Gasteiger partial charge in [0.1, 0.15) is 22.7 Å². The number of hydrogen-bond donors (Lipinski definition) is 1. The van der Waals surface area contributed by atoms with Crippen LogP contribution in [0.25, 0.3) is 0 Å². The van der Waals surface area contributed by atoms with Gasteiger partial charge in [-0.3, -0.25) is 4.84 Å². The van der Waals surface area contributed by atoms with E-state index < -0.39 is 19.4 Å². The highest BCUT2D eigenvalue weighted by molar-refractivity contribution is 7.49. The zero-order valence-electron chi connectivity index (χ0n) is 17.0. The van der Waals surface area contributed by atoms with Crippen LogP contribution in [0.4, 0.5) is 0 Å². The minimum absolute atomic E-state index is 0.143. The summed E-state index contributed by atoms with van der Waals surface area (Å²) in [5, 5.41) is 0. The first kappa shape index (κ1) is 21.7. The highest BCUT2D eigenvalue weighted by Crippen LogP contribution is 2.51. The van der Waals surface area contributed by atoms with E-state index >= 15 is 0 Å². The molecule has 2 aromatic rings. The van der Waals surface area contributed by atoms with Crippen LogP contribution >= 0.6 is 7.82 Å². The Hall–Kier alpha value is -2.96. The molecule has 1 N–H and O–H groups in total. The van der Waals surface area contributed by atoms with Crippen LogP contribution < -0.4 is 14.5 Å². The molecule has 9 heteroatoms. The van der Waals surface area contributed by atoms with Crippen molar-refractivity contribution in [2.45, 2.75) is 32.8 Å². The van der Waals surface area contributed by atoms with E-state index in [1.807, 2.05) is 0 Å². The van der Waals surface area contributed by atoms with Gasteiger partial charge in [-0.15, -0.1) is 0 Å². The topological polar surface area (TPSA) is 92.3 Å². The molecule has 0 amide bonds. The van der Waals surface area contributed by atoms with Crippen LogP contribution in [0.15, 0.2) is 72.1 Å². The van der Waals surface area contributed by atoms with E-state index in [1.54, 1.807) is 81.4 Å². The highest BCUT2D eigenvalue weighted by Gasteiger charge is 2.37. The third-order valence-corrected chi connectivity index (χ3v) is 4.94. The highest BCUT2D eigenvalue weighted by atomic mass is 31.2. The average Bonchev–Trinajstić information content (AvgIpc) is 2.68. The van der Waals surface area contributed by atoms with Gasteiger partial charge in [0.15, 0.2) is 0 Å².